The number of hydrogen-bond donors (Lipinski definition) is 2. The van der Waals surface area contributed by atoms with Crippen LogP contribution in [0.4, 0.5) is 16.2 Å². The second-order valence-electron chi connectivity index (χ2n) is 14.0. The van der Waals surface area contributed by atoms with Crippen LogP contribution < -0.4 is 15.4 Å². The highest BCUT2D eigenvalue weighted by atomic mass is 28.4. The van der Waals surface area contributed by atoms with Crippen LogP contribution in [0.15, 0.2) is 66.7 Å². The highest BCUT2D eigenvalue weighted by Gasteiger charge is 2.37. The molecule has 1 fully saturated rings. The van der Waals surface area contributed by atoms with Crippen molar-refractivity contribution >= 4 is 31.7 Å². The fourth-order valence-corrected chi connectivity index (χ4v) is 6.26. The Kier molecular flexibility index (Phi) is 12.7. The van der Waals surface area contributed by atoms with Gasteiger partial charge in [-0.2, -0.15) is 0 Å². The normalized spacial score (nSPS) is 14.4. The maximum absolute atomic E-state index is 12.9. The fraction of sp³-hybridized carbons (Fsp3) is 0.474. The molecule has 2 amide bonds. The Hall–Kier alpha value is -3.66. The minimum atomic E-state index is -1.91. The summed E-state index contributed by atoms with van der Waals surface area (Å²) in [5.41, 5.74) is 5.37. The van der Waals surface area contributed by atoms with Gasteiger partial charge in [-0.05, 0) is 81.0 Å². The third-order valence-corrected chi connectivity index (χ3v) is 13.7. The van der Waals surface area contributed by atoms with Crippen LogP contribution in [0.25, 0.3) is 11.1 Å². The van der Waals surface area contributed by atoms with Crippen LogP contribution in [-0.2, 0) is 27.0 Å². The molecule has 9 heteroatoms. The number of benzene rings is 3. The van der Waals surface area contributed by atoms with Crippen molar-refractivity contribution in [2.45, 2.75) is 90.6 Å². The zero-order valence-corrected chi connectivity index (χ0v) is 30.3. The van der Waals surface area contributed by atoms with Crippen molar-refractivity contribution in [1.29, 1.82) is 0 Å². The molecule has 1 aliphatic heterocycles. The number of piperidine rings is 1. The summed E-state index contributed by atoms with van der Waals surface area (Å²) in [7, 11) is 0.170. The smallest absolute Gasteiger partial charge is 0.411 e. The molecule has 2 N–H and O–H groups in total. The van der Waals surface area contributed by atoms with E-state index in [-0.39, 0.29) is 17.0 Å². The summed E-state index contributed by atoms with van der Waals surface area (Å²) in [6.07, 6.45) is 2.87. The van der Waals surface area contributed by atoms with Crippen molar-refractivity contribution < 1.29 is 23.5 Å². The summed E-state index contributed by atoms with van der Waals surface area (Å²) in [6.45, 7) is 16.0. The van der Waals surface area contributed by atoms with Gasteiger partial charge in [0.05, 0.1) is 18.9 Å². The number of anilines is 2. The van der Waals surface area contributed by atoms with E-state index in [1.54, 1.807) is 0 Å². The third-order valence-electron chi connectivity index (χ3n) is 9.26. The first kappa shape index (κ1) is 36.2. The van der Waals surface area contributed by atoms with Gasteiger partial charge in [-0.15, -0.1) is 0 Å². The Bertz CT molecular complexity index is 1480. The Labute approximate surface area is 282 Å². The molecule has 0 aliphatic carbocycles. The summed E-state index contributed by atoms with van der Waals surface area (Å²) in [5.74, 6) is 0.676. The molecule has 3 aromatic carbocycles. The lowest BCUT2D eigenvalue weighted by Crippen LogP contribution is -2.40. The molecule has 4 rings (SSSR count). The van der Waals surface area contributed by atoms with Crippen molar-refractivity contribution in [3.63, 3.8) is 0 Å². The van der Waals surface area contributed by atoms with E-state index in [9.17, 15) is 9.59 Å². The van der Waals surface area contributed by atoms with Crippen molar-refractivity contribution in [2.24, 2.45) is 0 Å². The summed E-state index contributed by atoms with van der Waals surface area (Å²) < 4.78 is 18.1. The standard InChI is InChI=1S/C38H53N3O5Si/c1-8-44-35-26-31(19-18-30(35)27-45-47(6,7)38(2,3)4)39-36(42)16-12-13-28-17-20-33(29-14-10-9-11-15-29)34(25-28)40-37(43)46-32-21-23-41(5)24-22-32/h9-11,14-15,17-20,25-26,32H,8,12-13,16,21-24,27H2,1-7H3,(H,39,42)(H,40,43). The molecule has 0 spiro atoms. The molecule has 0 atom stereocenters. The first-order valence-corrected chi connectivity index (χ1v) is 19.8. The molecule has 8 nitrogen and oxygen atoms in total. The molecule has 0 radical (unpaired) electrons. The highest BCUT2D eigenvalue weighted by Crippen LogP contribution is 2.38. The number of nitrogens with zero attached hydrogens (tertiary/aromatic N) is 1. The van der Waals surface area contributed by atoms with Gasteiger partial charge in [-0.3, -0.25) is 10.1 Å². The van der Waals surface area contributed by atoms with Gasteiger partial charge in [0, 0.05) is 42.4 Å². The van der Waals surface area contributed by atoms with Crippen LogP contribution in [0, 0.1) is 0 Å². The predicted octanol–water partition coefficient (Wildman–Crippen LogP) is 8.88. The first-order valence-electron chi connectivity index (χ1n) is 16.9. The summed E-state index contributed by atoms with van der Waals surface area (Å²) in [5, 5.41) is 6.16. The number of carbonyl (C=O) groups excluding carboxylic acids is 2. The average molecular weight is 660 g/mol. The van der Waals surface area contributed by atoms with Gasteiger partial charge in [0.15, 0.2) is 8.32 Å². The molecule has 1 saturated heterocycles. The lowest BCUT2D eigenvalue weighted by atomic mass is 9.99. The highest BCUT2D eigenvalue weighted by molar-refractivity contribution is 6.74. The molecule has 254 valence electrons. The van der Waals surface area contributed by atoms with E-state index in [1.165, 1.54) is 0 Å². The molecule has 0 saturated carbocycles. The average Bonchev–Trinajstić information content (AvgIpc) is 3.02. The van der Waals surface area contributed by atoms with E-state index in [4.69, 9.17) is 13.9 Å². The van der Waals surface area contributed by atoms with Gasteiger partial charge in [-0.25, -0.2) is 4.79 Å². The van der Waals surface area contributed by atoms with Crippen molar-refractivity contribution in [1.82, 2.24) is 4.90 Å². The van der Waals surface area contributed by atoms with Crippen LogP contribution in [0.5, 0.6) is 5.75 Å². The van der Waals surface area contributed by atoms with E-state index >= 15 is 0 Å². The van der Waals surface area contributed by atoms with E-state index in [1.807, 2.05) is 67.6 Å². The Morgan fingerprint density at radius 3 is 2.36 bits per heavy atom. The van der Waals surface area contributed by atoms with E-state index < -0.39 is 14.4 Å². The van der Waals surface area contributed by atoms with E-state index in [0.717, 1.165) is 53.9 Å². The van der Waals surface area contributed by atoms with Gasteiger partial charge >= 0.3 is 6.09 Å². The maximum atomic E-state index is 12.9. The van der Waals surface area contributed by atoms with Crippen LogP contribution in [0.1, 0.15) is 64.5 Å². The monoisotopic (exact) mass is 659 g/mol. The van der Waals surface area contributed by atoms with Crippen LogP contribution in [0.3, 0.4) is 0 Å². The third kappa shape index (κ3) is 10.7. The number of nitrogens with one attached hydrogen (secondary N) is 2. The molecule has 47 heavy (non-hydrogen) atoms. The Morgan fingerprint density at radius 2 is 1.68 bits per heavy atom. The summed E-state index contributed by atoms with van der Waals surface area (Å²) >= 11 is 0. The lowest BCUT2D eigenvalue weighted by molar-refractivity contribution is -0.116. The molecule has 3 aromatic rings. The SMILES string of the molecule is CCOc1cc(NC(=O)CCCc2ccc(-c3ccccc3)c(NC(=O)OC3CCN(C)CC3)c2)ccc1CO[Si](C)(C)C(C)(C)C. The summed E-state index contributed by atoms with van der Waals surface area (Å²) in [4.78, 5) is 28.1. The number of likely N-dealkylation sites (tertiary alicyclic amines) is 1. The second kappa shape index (κ2) is 16.4. The van der Waals surface area contributed by atoms with Crippen LogP contribution in [-0.4, -0.2) is 58.1 Å². The van der Waals surface area contributed by atoms with E-state index in [0.29, 0.717) is 43.9 Å². The largest absolute Gasteiger partial charge is 0.493 e. The minimum absolute atomic E-state index is 0.0568. The second-order valence-corrected chi connectivity index (χ2v) is 18.8. The Balaban J connectivity index is 1.36. The number of aryl methyl sites for hydroxylation is 1. The van der Waals surface area contributed by atoms with Crippen molar-refractivity contribution in [3.8, 4) is 16.9 Å². The molecule has 1 heterocycles. The number of hydrogen-bond acceptors (Lipinski definition) is 6. The van der Waals surface area contributed by atoms with Crippen molar-refractivity contribution in [3.05, 3.63) is 77.9 Å². The predicted molar refractivity (Wildman–Crippen MR) is 194 cm³/mol. The van der Waals surface area contributed by atoms with Crippen LogP contribution in [0.2, 0.25) is 18.1 Å². The number of ether oxygens (including phenoxy) is 2. The number of rotatable bonds is 13. The molecular weight excluding hydrogens is 607 g/mol. The van der Waals surface area contributed by atoms with Gasteiger partial charge < -0.3 is 24.1 Å². The van der Waals surface area contributed by atoms with Gasteiger partial charge in [0.2, 0.25) is 5.91 Å². The van der Waals surface area contributed by atoms with Gasteiger partial charge in [0.1, 0.15) is 11.9 Å². The van der Waals surface area contributed by atoms with Gasteiger partial charge in [-0.1, -0.05) is 69.3 Å². The zero-order valence-electron chi connectivity index (χ0n) is 29.3. The first-order chi connectivity index (χ1) is 22.3. The Morgan fingerprint density at radius 1 is 0.957 bits per heavy atom. The van der Waals surface area contributed by atoms with Crippen LogP contribution >= 0.6 is 0 Å². The summed E-state index contributed by atoms with van der Waals surface area (Å²) in [6, 6.07) is 21.9. The quantitative estimate of drug-likeness (QED) is 0.178. The molecule has 0 bridgehead atoms. The topological polar surface area (TPSA) is 89.1 Å². The van der Waals surface area contributed by atoms with E-state index in [2.05, 4.69) is 62.5 Å². The zero-order chi connectivity index (χ0) is 34.0. The molecule has 0 unspecified atom stereocenters. The lowest BCUT2D eigenvalue weighted by Gasteiger charge is -2.36. The molecule has 0 aromatic heterocycles. The number of amides is 2. The fourth-order valence-electron chi connectivity index (χ4n) is 5.31. The molecular formula is C38H53N3O5Si. The minimum Gasteiger partial charge on any atom is -0.493 e. The van der Waals surface area contributed by atoms with Gasteiger partial charge in [0.25, 0.3) is 0 Å². The maximum Gasteiger partial charge on any atom is 0.411 e. The number of carbonyl (C=O) groups is 2. The molecule has 1 aliphatic rings. The van der Waals surface area contributed by atoms with Crippen molar-refractivity contribution in [2.75, 3.05) is 37.4 Å².